The average Bonchev–Trinajstić information content (AvgIpc) is 3.36. The Bertz CT molecular complexity index is 1260. The number of hydrogen-bond donors (Lipinski definition) is 2. The molecule has 0 aliphatic rings. The fourth-order valence-corrected chi connectivity index (χ4v) is 3.27. The van der Waals surface area contributed by atoms with E-state index in [9.17, 15) is 9.90 Å². The number of aliphatic hydroxyl groups is 1. The number of rotatable bonds is 6. The standard InChI is InChI=1S/C10H9ClN4O2.C10H11ClN4O/c1-6-12-14-15(13-6)5-7-4-8(11)2-3-9(7)10(16)17;1-7-12-14-15(13-7)5-9-4-10(11)3-2-8(9)6-16/h2-4H,5H2,1H3,(H,16,17);2-4,16H,5-6H2,1H3. The van der Waals surface area contributed by atoms with Crippen LogP contribution >= 0.6 is 23.2 Å². The quantitative estimate of drug-likeness (QED) is 0.416. The van der Waals surface area contributed by atoms with Crippen LogP contribution in [0, 0.1) is 13.8 Å². The minimum Gasteiger partial charge on any atom is -0.478 e. The molecule has 0 aliphatic heterocycles. The van der Waals surface area contributed by atoms with Gasteiger partial charge in [0, 0.05) is 10.0 Å². The third-order valence-corrected chi connectivity index (χ3v) is 4.84. The molecule has 0 atom stereocenters. The van der Waals surface area contributed by atoms with E-state index in [1.807, 2.05) is 0 Å². The number of nitrogens with zero attached hydrogens (tertiary/aromatic N) is 8. The summed E-state index contributed by atoms with van der Waals surface area (Å²) in [5.74, 6) is 0.144. The lowest BCUT2D eigenvalue weighted by Gasteiger charge is -2.06. The number of halogens is 2. The molecule has 4 aromatic rings. The maximum absolute atomic E-state index is 11.0. The summed E-state index contributed by atoms with van der Waals surface area (Å²) in [5.41, 5.74) is 2.44. The Hall–Kier alpha value is -3.41. The molecule has 0 fully saturated rings. The highest BCUT2D eigenvalue weighted by Crippen LogP contribution is 2.18. The van der Waals surface area contributed by atoms with E-state index >= 15 is 0 Å². The number of benzene rings is 2. The van der Waals surface area contributed by atoms with Crippen LogP contribution in [0.1, 0.15) is 38.7 Å². The van der Waals surface area contributed by atoms with Gasteiger partial charge in [0.05, 0.1) is 25.3 Å². The number of aromatic carboxylic acids is 1. The van der Waals surface area contributed by atoms with Gasteiger partial charge in [0.15, 0.2) is 11.6 Å². The summed E-state index contributed by atoms with van der Waals surface area (Å²) in [6.45, 7) is 4.13. The first kappa shape index (κ1) is 24.2. The predicted molar refractivity (Wildman–Crippen MR) is 119 cm³/mol. The second kappa shape index (κ2) is 10.9. The zero-order valence-corrected chi connectivity index (χ0v) is 19.2. The summed E-state index contributed by atoms with van der Waals surface area (Å²) in [6.07, 6.45) is 0. The molecule has 0 aliphatic carbocycles. The van der Waals surface area contributed by atoms with Crippen LogP contribution in [-0.2, 0) is 19.7 Å². The number of carbonyl (C=O) groups is 1. The Morgan fingerprint density at radius 2 is 1.36 bits per heavy atom. The SMILES string of the molecule is Cc1nnn(Cc2cc(Cl)ccc2C(=O)O)n1.Cc1nnn(Cc2cc(Cl)ccc2CO)n1. The molecule has 2 heterocycles. The van der Waals surface area contributed by atoms with E-state index in [-0.39, 0.29) is 18.7 Å². The topological polar surface area (TPSA) is 145 Å². The number of aliphatic hydroxyl groups excluding tert-OH is 1. The van der Waals surface area contributed by atoms with E-state index < -0.39 is 5.97 Å². The largest absolute Gasteiger partial charge is 0.478 e. The van der Waals surface area contributed by atoms with Crippen molar-refractivity contribution in [3.8, 4) is 0 Å². The van der Waals surface area contributed by atoms with Crippen molar-refractivity contribution in [2.75, 3.05) is 0 Å². The molecule has 0 saturated heterocycles. The van der Waals surface area contributed by atoms with Crippen LogP contribution in [0.15, 0.2) is 36.4 Å². The molecule has 172 valence electrons. The van der Waals surface area contributed by atoms with E-state index in [2.05, 4.69) is 30.8 Å². The minimum absolute atomic E-state index is 0.0276. The first-order valence-electron chi connectivity index (χ1n) is 9.64. The maximum Gasteiger partial charge on any atom is 0.336 e. The van der Waals surface area contributed by atoms with Gasteiger partial charge < -0.3 is 10.2 Å². The van der Waals surface area contributed by atoms with Crippen LogP contribution in [0.5, 0.6) is 0 Å². The van der Waals surface area contributed by atoms with Crippen molar-refractivity contribution in [1.82, 2.24) is 40.4 Å². The fourth-order valence-electron chi connectivity index (χ4n) is 2.88. The molecule has 0 radical (unpaired) electrons. The molecule has 0 amide bonds. The zero-order chi connectivity index (χ0) is 24.0. The number of carboxylic acid groups (broad SMARTS) is 1. The molecule has 0 spiro atoms. The number of aromatic nitrogens is 8. The summed E-state index contributed by atoms with van der Waals surface area (Å²) in [6, 6.07) is 9.92. The highest BCUT2D eigenvalue weighted by Gasteiger charge is 2.12. The fraction of sp³-hybridized carbons (Fsp3) is 0.250. The van der Waals surface area contributed by atoms with Gasteiger partial charge in [0.25, 0.3) is 0 Å². The van der Waals surface area contributed by atoms with Crippen molar-refractivity contribution < 1.29 is 15.0 Å². The molecule has 13 heteroatoms. The van der Waals surface area contributed by atoms with E-state index in [1.54, 1.807) is 38.1 Å². The monoisotopic (exact) mass is 490 g/mol. The number of aryl methyl sites for hydroxylation is 2. The Kier molecular flexibility index (Phi) is 8.04. The molecular formula is C20H20Cl2N8O3. The first-order chi connectivity index (χ1) is 15.7. The van der Waals surface area contributed by atoms with Gasteiger partial charge in [0.2, 0.25) is 0 Å². The molecule has 2 N–H and O–H groups in total. The first-order valence-corrected chi connectivity index (χ1v) is 10.4. The highest BCUT2D eigenvalue weighted by molar-refractivity contribution is 6.31. The van der Waals surface area contributed by atoms with Crippen molar-refractivity contribution in [1.29, 1.82) is 0 Å². The lowest BCUT2D eigenvalue weighted by atomic mass is 10.1. The van der Waals surface area contributed by atoms with Crippen molar-refractivity contribution in [2.45, 2.75) is 33.5 Å². The van der Waals surface area contributed by atoms with Gasteiger partial charge in [-0.1, -0.05) is 29.3 Å². The molecule has 2 aromatic heterocycles. The number of tetrazole rings is 2. The van der Waals surface area contributed by atoms with Crippen LogP contribution in [0.4, 0.5) is 0 Å². The smallest absolute Gasteiger partial charge is 0.336 e. The van der Waals surface area contributed by atoms with Gasteiger partial charge in [-0.05, 0) is 71.3 Å². The van der Waals surface area contributed by atoms with Crippen molar-refractivity contribution in [2.24, 2.45) is 0 Å². The van der Waals surface area contributed by atoms with Gasteiger partial charge in [0.1, 0.15) is 0 Å². The van der Waals surface area contributed by atoms with Crippen molar-refractivity contribution >= 4 is 29.2 Å². The Morgan fingerprint density at radius 1 is 0.848 bits per heavy atom. The van der Waals surface area contributed by atoms with E-state index in [0.717, 1.165) is 11.1 Å². The maximum atomic E-state index is 11.0. The molecule has 4 rings (SSSR count). The average molecular weight is 491 g/mol. The van der Waals surface area contributed by atoms with Crippen molar-refractivity contribution in [3.05, 3.63) is 80.3 Å². The van der Waals surface area contributed by atoms with Crippen LogP contribution in [-0.4, -0.2) is 56.6 Å². The van der Waals surface area contributed by atoms with Gasteiger partial charge in [-0.25, -0.2) is 4.79 Å². The van der Waals surface area contributed by atoms with E-state index in [0.29, 0.717) is 33.8 Å². The summed E-state index contributed by atoms with van der Waals surface area (Å²) >= 11 is 11.7. The highest BCUT2D eigenvalue weighted by atomic mass is 35.5. The van der Waals surface area contributed by atoms with E-state index in [1.165, 1.54) is 21.7 Å². The summed E-state index contributed by atoms with van der Waals surface area (Å²) < 4.78 is 0. The number of hydrogen-bond acceptors (Lipinski definition) is 8. The van der Waals surface area contributed by atoms with Gasteiger partial charge in [-0.2, -0.15) is 9.59 Å². The molecule has 2 aromatic carbocycles. The van der Waals surface area contributed by atoms with Gasteiger partial charge in [-0.15, -0.1) is 20.4 Å². The predicted octanol–water partition coefficient (Wildman–Crippen LogP) is 2.56. The Morgan fingerprint density at radius 3 is 1.85 bits per heavy atom. The van der Waals surface area contributed by atoms with Gasteiger partial charge >= 0.3 is 5.97 Å². The lowest BCUT2D eigenvalue weighted by Crippen LogP contribution is -2.09. The molecule has 33 heavy (non-hydrogen) atoms. The summed E-state index contributed by atoms with van der Waals surface area (Å²) in [4.78, 5) is 13.8. The van der Waals surface area contributed by atoms with Crippen LogP contribution in [0.3, 0.4) is 0 Å². The Labute approximate surface area is 198 Å². The summed E-state index contributed by atoms with van der Waals surface area (Å²) in [7, 11) is 0. The molecule has 0 unspecified atom stereocenters. The molecule has 0 saturated carbocycles. The molecule has 0 bridgehead atoms. The van der Waals surface area contributed by atoms with Crippen LogP contribution in [0.25, 0.3) is 0 Å². The third kappa shape index (κ3) is 6.78. The van der Waals surface area contributed by atoms with Crippen LogP contribution < -0.4 is 0 Å². The number of carboxylic acids is 1. The molecule has 11 nitrogen and oxygen atoms in total. The van der Waals surface area contributed by atoms with Crippen LogP contribution in [0.2, 0.25) is 10.0 Å². The van der Waals surface area contributed by atoms with Crippen molar-refractivity contribution in [3.63, 3.8) is 0 Å². The third-order valence-electron chi connectivity index (χ3n) is 4.37. The minimum atomic E-state index is -1.01. The summed E-state index contributed by atoms with van der Waals surface area (Å²) in [5, 5.41) is 42.5. The van der Waals surface area contributed by atoms with E-state index in [4.69, 9.17) is 28.3 Å². The molecular weight excluding hydrogens is 471 g/mol. The Balaban J connectivity index is 0.000000186. The second-order valence-corrected chi connectivity index (χ2v) is 7.78. The normalized spacial score (nSPS) is 10.6. The van der Waals surface area contributed by atoms with Gasteiger partial charge in [-0.3, -0.25) is 0 Å². The zero-order valence-electron chi connectivity index (χ0n) is 17.7. The second-order valence-electron chi connectivity index (χ2n) is 6.91. The lowest BCUT2D eigenvalue weighted by molar-refractivity contribution is 0.0695.